The van der Waals surface area contributed by atoms with E-state index >= 15 is 0 Å². The molecule has 0 unspecified atom stereocenters. The summed E-state index contributed by atoms with van der Waals surface area (Å²) in [6.07, 6.45) is 1.89. The van der Waals surface area contributed by atoms with Crippen molar-refractivity contribution in [2.75, 3.05) is 21.3 Å². The second-order valence-corrected chi connectivity index (χ2v) is 4.81. The smallest absolute Gasteiger partial charge is 0.367 e. The summed E-state index contributed by atoms with van der Waals surface area (Å²) in [6, 6.07) is 0. The molecule has 0 aromatic rings. The Morgan fingerprint density at radius 2 is 1.58 bits per heavy atom. The summed E-state index contributed by atoms with van der Waals surface area (Å²) in [7, 11) is 2.05. The van der Waals surface area contributed by atoms with Crippen LogP contribution in [0.3, 0.4) is 0 Å². The predicted molar refractivity (Wildman–Crippen MR) is 49.5 cm³/mol. The minimum Gasteiger partial charge on any atom is -0.367 e. The van der Waals surface area contributed by atoms with Gasteiger partial charge in [0.2, 0.25) is 0 Å². The molecule has 0 bridgehead atoms. The van der Waals surface area contributed by atoms with Crippen LogP contribution in [0, 0.1) is 11.5 Å². The lowest BCUT2D eigenvalue weighted by atomic mass is 10.4. The Morgan fingerprint density at radius 3 is 1.92 bits per heavy atom. The molecular formula is C8H16O3Si. The number of rotatable bonds is 4. The van der Waals surface area contributed by atoms with Crippen LogP contribution in [0.25, 0.3) is 0 Å². The molecule has 0 aromatic carbocycles. The molecular weight excluding hydrogens is 172 g/mol. The van der Waals surface area contributed by atoms with E-state index in [1.165, 1.54) is 0 Å². The standard InChI is InChI=1S/C8H16O3Si/c1-5-6-7-8-12(9-2,10-3)11-4/h5-6H2,1-4H3. The van der Waals surface area contributed by atoms with Gasteiger partial charge in [-0.1, -0.05) is 6.92 Å². The maximum Gasteiger partial charge on any atom is 0.590 e. The zero-order valence-electron chi connectivity index (χ0n) is 8.14. The van der Waals surface area contributed by atoms with E-state index in [4.69, 9.17) is 13.3 Å². The number of unbranched alkanes of at least 4 members (excludes halogenated alkanes) is 1. The van der Waals surface area contributed by atoms with Crippen molar-refractivity contribution in [2.24, 2.45) is 0 Å². The average molecular weight is 188 g/mol. The molecule has 0 saturated carbocycles. The van der Waals surface area contributed by atoms with E-state index in [1.807, 2.05) is 0 Å². The molecule has 0 aliphatic carbocycles. The van der Waals surface area contributed by atoms with Crippen molar-refractivity contribution in [1.82, 2.24) is 0 Å². The fraction of sp³-hybridized carbons (Fsp3) is 0.750. The summed E-state index contributed by atoms with van der Waals surface area (Å²) < 4.78 is 15.3. The SMILES string of the molecule is CCCC#C[Si](OC)(OC)OC. The van der Waals surface area contributed by atoms with Gasteiger partial charge in [-0.05, 0) is 12.0 Å². The first-order valence-corrected chi connectivity index (χ1v) is 5.62. The zero-order chi connectivity index (χ0) is 9.45. The molecule has 0 aliphatic rings. The maximum absolute atomic E-state index is 5.10. The van der Waals surface area contributed by atoms with Crippen LogP contribution in [0.15, 0.2) is 0 Å². The second kappa shape index (κ2) is 6.20. The predicted octanol–water partition coefficient (Wildman–Crippen LogP) is 1.21. The summed E-state index contributed by atoms with van der Waals surface area (Å²) >= 11 is 0. The number of hydrogen-bond donors (Lipinski definition) is 0. The molecule has 0 spiro atoms. The molecule has 0 aromatic heterocycles. The minimum atomic E-state index is -2.62. The third-order valence-electron chi connectivity index (χ3n) is 1.42. The summed E-state index contributed by atoms with van der Waals surface area (Å²) in [6.45, 7) is 2.07. The van der Waals surface area contributed by atoms with E-state index in [1.54, 1.807) is 21.3 Å². The van der Waals surface area contributed by atoms with E-state index in [-0.39, 0.29) is 0 Å². The second-order valence-electron chi connectivity index (χ2n) is 2.22. The first kappa shape index (κ1) is 11.7. The Balaban J connectivity index is 4.22. The molecule has 0 N–H and O–H groups in total. The Morgan fingerprint density at radius 1 is 1.08 bits per heavy atom. The van der Waals surface area contributed by atoms with Crippen molar-refractivity contribution in [1.29, 1.82) is 0 Å². The topological polar surface area (TPSA) is 27.7 Å². The van der Waals surface area contributed by atoms with Crippen molar-refractivity contribution in [3.05, 3.63) is 0 Å². The summed E-state index contributed by atoms with van der Waals surface area (Å²) in [5.74, 6) is 2.97. The fourth-order valence-electron chi connectivity index (χ4n) is 0.699. The molecule has 0 saturated heterocycles. The highest BCUT2D eigenvalue weighted by atomic mass is 28.4. The molecule has 0 heterocycles. The van der Waals surface area contributed by atoms with Gasteiger partial charge in [0, 0.05) is 27.8 Å². The first-order chi connectivity index (χ1) is 5.74. The molecule has 0 aliphatic heterocycles. The normalized spacial score (nSPS) is 10.7. The van der Waals surface area contributed by atoms with Crippen LogP contribution in [-0.2, 0) is 13.3 Å². The summed E-state index contributed by atoms with van der Waals surface area (Å²) in [5, 5.41) is 0. The van der Waals surface area contributed by atoms with Crippen LogP contribution in [0.1, 0.15) is 19.8 Å². The Labute approximate surface area is 75.4 Å². The van der Waals surface area contributed by atoms with E-state index in [9.17, 15) is 0 Å². The highest BCUT2D eigenvalue weighted by Gasteiger charge is 2.36. The Bertz CT molecular complexity index is 159. The Hall–Kier alpha value is -0.343. The van der Waals surface area contributed by atoms with E-state index in [0.29, 0.717) is 0 Å². The molecule has 0 amide bonds. The van der Waals surface area contributed by atoms with Gasteiger partial charge < -0.3 is 13.3 Å². The lowest BCUT2D eigenvalue weighted by molar-refractivity contribution is 0.141. The quantitative estimate of drug-likeness (QED) is 0.490. The van der Waals surface area contributed by atoms with Crippen LogP contribution in [-0.4, -0.2) is 30.1 Å². The minimum absolute atomic E-state index is 0.852. The van der Waals surface area contributed by atoms with Gasteiger partial charge in [-0.3, -0.25) is 0 Å². The summed E-state index contributed by atoms with van der Waals surface area (Å²) in [4.78, 5) is 0. The molecule has 0 atom stereocenters. The summed E-state index contributed by atoms with van der Waals surface area (Å²) in [5.41, 5.74) is 2.91. The first-order valence-electron chi connectivity index (χ1n) is 3.90. The molecule has 3 nitrogen and oxygen atoms in total. The van der Waals surface area contributed by atoms with E-state index in [0.717, 1.165) is 12.8 Å². The highest BCUT2D eigenvalue weighted by Crippen LogP contribution is 2.03. The van der Waals surface area contributed by atoms with Gasteiger partial charge in [0.05, 0.1) is 0 Å². The monoisotopic (exact) mass is 188 g/mol. The van der Waals surface area contributed by atoms with Gasteiger partial charge >= 0.3 is 8.80 Å². The van der Waals surface area contributed by atoms with Crippen molar-refractivity contribution in [3.8, 4) is 11.5 Å². The lowest BCUT2D eigenvalue weighted by Crippen LogP contribution is -2.41. The number of hydrogen-bond acceptors (Lipinski definition) is 3. The zero-order valence-corrected chi connectivity index (χ0v) is 9.14. The van der Waals surface area contributed by atoms with Gasteiger partial charge in [0.25, 0.3) is 0 Å². The molecule has 70 valence electrons. The van der Waals surface area contributed by atoms with Crippen LogP contribution >= 0.6 is 0 Å². The average Bonchev–Trinajstić information content (AvgIpc) is 2.14. The molecule has 4 heteroatoms. The van der Waals surface area contributed by atoms with Crippen LogP contribution in [0.4, 0.5) is 0 Å². The molecule has 0 fully saturated rings. The van der Waals surface area contributed by atoms with Crippen molar-refractivity contribution in [3.63, 3.8) is 0 Å². The maximum atomic E-state index is 5.10. The van der Waals surface area contributed by atoms with Gasteiger partial charge in [-0.2, -0.15) is 0 Å². The van der Waals surface area contributed by atoms with Gasteiger partial charge in [-0.15, -0.1) is 5.92 Å². The highest BCUT2D eigenvalue weighted by molar-refractivity contribution is 6.69. The van der Waals surface area contributed by atoms with Crippen molar-refractivity contribution >= 4 is 8.80 Å². The van der Waals surface area contributed by atoms with Crippen molar-refractivity contribution in [2.45, 2.75) is 19.8 Å². The van der Waals surface area contributed by atoms with Gasteiger partial charge in [0.15, 0.2) is 0 Å². The lowest BCUT2D eigenvalue weighted by Gasteiger charge is -2.17. The molecule has 12 heavy (non-hydrogen) atoms. The largest absolute Gasteiger partial charge is 0.590 e. The Kier molecular flexibility index (Phi) is 6.03. The molecule has 0 rings (SSSR count). The van der Waals surface area contributed by atoms with Crippen LogP contribution < -0.4 is 0 Å². The fourth-order valence-corrected chi connectivity index (χ4v) is 1.85. The third kappa shape index (κ3) is 3.37. The third-order valence-corrected chi connectivity index (χ3v) is 3.52. The van der Waals surface area contributed by atoms with E-state index in [2.05, 4.69) is 18.4 Å². The van der Waals surface area contributed by atoms with Crippen LogP contribution in [0.5, 0.6) is 0 Å². The van der Waals surface area contributed by atoms with E-state index < -0.39 is 8.80 Å². The van der Waals surface area contributed by atoms with Crippen molar-refractivity contribution < 1.29 is 13.3 Å². The molecule has 0 radical (unpaired) electrons. The van der Waals surface area contributed by atoms with Gasteiger partial charge in [-0.25, -0.2) is 0 Å². The van der Waals surface area contributed by atoms with Crippen LogP contribution in [0.2, 0.25) is 0 Å². The van der Waals surface area contributed by atoms with Gasteiger partial charge in [0.1, 0.15) is 0 Å².